The molecule has 0 unspecified atom stereocenters. The summed E-state index contributed by atoms with van der Waals surface area (Å²) in [7, 11) is -3.23. The molecule has 2 rings (SSSR count). The van der Waals surface area contributed by atoms with E-state index < -0.39 is 15.3 Å². The maximum absolute atomic E-state index is 11.6. The molecule has 5 nitrogen and oxygen atoms in total. The number of rotatable bonds is 4. The lowest BCUT2D eigenvalue weighted by Crippen LogP contribution is -2.30. The summed E-state index contributed by atoms with van der Waals surface area (Å²) in [4.78, 5) is 0. The summed E-state index contributed by atoms with van der Waals surface area (Å²) in [5.41, 5.74) is 1.79. The van der Waals surface area contributed by atoms with E-state index in [1.54, 1.807) is 24.6 Å². The second-order valence-electron chi connectivity index (χ2n) is 4.12. The molecule has 0 radical (unpaired) electrons. The number of aromatic nitrogens is 2. The van der Waals surface area contributed by atoms with Crippen LogP contribution < -0.4 is 4.72 Å². The summed E-state index contributed by atoms with van der Waals surface area (Å²) >= 11 is 0. The molecular weight excluding hydrogens is 238 g/mol. The number of hydrogen-bond donors (Lipinski definition) is 1. The van der Waals surface area contributed by atoms with E-state index >= 15 is 0 Å². The van der Waals surface area contributed by atoms with Gasteiger partial charge < -0.3 is 0 Å². The van der Waals surface area contributed by atoms with Crippen molar-refractivity contribution in [1.82, 2.24) is 14.3 Å². The van der Waals surface area contributed by atoms with Crippen LogP contribution in [-0.4, -0.2) is 23.3 Å². The van der Waals surface area contributed by atoms with Gasteiger partial charge in [-0.05, 0) is 26.0 Å². The van der Waals surface area contributed by atoms with E-state index in [4.69, 9.17) is 0 Å². The Morgan fingerprint density at radius 3 is 2.88 bits per heavy atom. The minimum atomic E-state index is -3.23. The average Bonchev–Trinajstić information content (AvgIpc) is 2.69. The van der Waals surface area contributed by atoms with Gasteiger partial charge in [0.1, 0.15) is 0 Å². The highest BCUT2D eigenvalue weighted by atomic mass is 32.2. The third-order valence-corrected chi connectivity index (χ3v) is 4.38. The highest BCUT2D eigenvalue weighted by Crippen LogP contribution is 2.10. The molecule has 0 spiro atoms. The smallest absolute Gasteiger partial charge is 0.214 e. The fourth-order valence-electron chi connectivity index (χ4n) is 1.47. The fourth-order valence-corrected chi connectivity index (χ4v) is 2.16. The van der Waals surface area contributed by atoms with Crippen LogP contribution in [0.3, 0.4) is 0 Å². The first-order valence-corrected chi connectivity index (χ1v) is 6.95. The Morgan fingerprint density at radius 2 is 2.18 bits per heavy atom. The van der Waals surface area contributed by atoms with Gasteiger partial charge in [-0.2, -0.15) is 5.10 Å². The van der Waals surface area contributed by atoms with Crippen molar-refractivity contribution in [3.05, 3.63) is 36.2 Å². The van der Waals surface area contributed by atoms with Crippen molar-refractivity contribution in [2.24, 2.45) is 0 Å². The quantitative estimate of drug-likeness (QED) is 0.889. The van der Waals surface area contributed by atoms with Crippen molar-refractivity contribution in [2.75, 3.05) is 0 Å². The lowest BCUT2D eigenvalue weighted by molar-refractivity contribution is 0.572. The largest absolute Gasteiger partial charge is 0.241 e. The molecule has 92 valence electrons. The van der Waals surface area contributed by atoms with Gasteiger partial charge in [0.25, 0.3) is 0 Å². The summed E-state index contributed by atoms with van der Waals surface area (Å²) in [6.07, 6.45) is 3.51. The first kappa shape index (κ1) is 12.1. The predicted molar refractivity (Wildman–Crippen MR) is 66.1 cm³/mol. The van der Waals surface area contributed by atoms with Crippen molar-refractivity contribution < 1.29 is 8.42 Å². The SMILES string of the molecule is CC(C)S(=O)(=O)NCc1cnn2ccccc12. The number of fused-ring (bicyclic) bond motifs is 1. The summed E-state index contributed by atoms with van der Waals surface area (Å²) < 4.78 is 27.5. The molecule has 0 aliphatic carbocycles. The highest BCUT2D eigenvalue weighted by molar-refractivity contribution is 7.90. The zero-order valence-electron chi connectivity index (χ0n) is 9.79. The molecule has 2 aromatic heterocycles. The molecule has 0 saturated heterocycles. The fraction of sp³-hybridized carbons (Fsp3) is 0.364. The highest BCUT2D eigenvalue weighted by Gasteiger charge is 2.15. The van der Waals surface area contributed by atoms with Crippen LogP contribution in [0.5, 0.6) is 0 Å². The topological polar surface area (TPSA) is 63.5 Å². The standard InChI is InChI=1S/C11H15N3O2S/c1-9(2)17(15,16)13-8-10-7-12-14-6-4-3-5-11(10)14/h3-7,9,13H,8H2,1-2H3. The van der Waals surface area contributed by atoms with Gasteiger partial charge in [0.2, 0.25) is 10.0 Å². The zero-order valence-corrected chi connectivity index (χ0v) is 10.6. The number of sulfonamides is 1. The normalized spacial score (nSPS) is 12.4. The maximum Gasteiger partial charge on any atom is 0.214 e. The van der Waals surface area contributed by atoms with Crippen LogP contribution >= 0.6 is 0 Å². The summed E-state index contributed by atoms with van der Waals surface area (Å²) in [6.45, 7) is 3.57. The maximum atomic E-state index is 11.6. The lowest BCUT2D eigenvalue weighted by atomic mass is 10.3. The van der Waals surface area contributed by atoms with E-state index in [1.165, 1.54) is 0 Å². The van der Waals surface area contributed by atoms with Crippen LogP contribution in [-0.2, 0) is 16.6 Å². The molecule has 0 bridgehead atoms. The first-order valence-electron chi connectivity index (χ1n) is 5.40. The lowest BCUT2D eigenvalue weighted by Gasteiger charge is -2.08. The zero-order chi connectivity index (χ0) is 12.5. The summed E-state index contributed by atoms with van der Waals surface area (Å²) in [5.74, 6) is 0. The van der Waals surface area contributed by atoms with Gasteiger partial charge in [-0.25, -0.2) is 17.7 Å². The molecule has 0 aliphatic rings. The van der Waals surface area contributed by atoms with Crippen LogP contribution in [0.4, 0.5) is 0 Å². The van der Waals surface area contributed by atoms with Crippen molar-refractivity contribution in [3.63, 3.8) is 0 Å². The Labute approximate surface area is 101 Å². The van der Waals surface area contributed by atoms with Gasteiger partial charge in [0.15, 0.2) is 0 Å². The van der Waals surface area contributed by atoms with E-state index in [0.717, 1.165) is 11.1 Å². The van der Waals surface area contributed by atoms with E-state index in [-0.39, 0.29) is 6.54 Å². The molecule has 0 atom stereocenters. The average molecular weight is 253 g/mol. The van der Waals surface area contributed by atoms with Gasteiger partial charge in [-0.3, -0.25) is 0 Å². The number of nitrogens with zero attached hydrogens (tertiary/aromatic N) is 2. The van der Waals surface area contributed by atoms with Crippen molar-refractivity contribution in [1.29, 1.82) is 0 Å². The molecule has 2 heterocycles. The molecule has 0 amide bonds. The molecule has 0 saturated carbocycles. The van der Waals surface area contributed by atoms with Gasteiger partial charge in [-0.1, -0.05) is 6.07 Å². The summed E-state index contributed by atoms with van der Waals surface area (Å²) in [6, 6.07) is 5.69. The Balaban J connectivity index is 2.20. The minimum Gasteiger partial charge on any atom is -0.241 e. The van der Waals surface area contributed by atoms with Gasteiger partial charge in [-0.15, -0.1) is 0 Å². The van der Waals surface area contributed by atoms with Crippen LogP contribution in [0.1, 0.15) is 19.4 Å². The Kier molecular flexibility index (Phi) is 3.17. The number of nitrogens with one attached hydrogen (secondary N) is 1. The molecule has 2 aromatic rings. The molecular formula is C11H15N3O2S. The number of pyridine rings is 1. The van der Waals surface area contributed by atoms with Crippen molar-refractivity contribution in [2.45, 2.75) is 25.6 Å². The molecule has 0 aliphatic heterocycles. The molecule has 6 heteroatoms. The Hall–Kier alpha value is -1.40. The Bertz CT molecular complexity index is 616. The minimum absolute atomic E-state index is 0.272. The van der Waals surface area contributed by atoms with E-state index in [2.05, 4.69) is 9.82 Å². The van der Waals surface area contributed by atoms with E-state index in [0.29, 0.717) is 0 Å². The van der Waals surface area contributed by atoms with E-state index in [1.807, 2.05) is 24.4 Å². The first-order chi connectivity index (χ1) is 8.00. The second kappa shape index (κ2) is 4.46. The third kappa shape index (κ3) is 2.48. The van der Waals surface area contributed by atoms with E-state index in [9.17, 15) is 8.42 Å². The molecule has 0 aromatic carbocycles. The van der Waals surface area contributed by atoms with Crippen LogP contribution in [0.15, 0.2) is 30.6 Å². The third-order valence-electron chi connectivity index (χ3n) is 2.59. The van der Waals surface area contributed by atoms with Crippen molar-refractivity contribution >= 4 is 15.5 Å². The molecule has 1 N–H and O–H groups in total. The van der Waals surface area contributed by atoms with Crippen LogP contribution in [0, 0.1) is 0 Å². The monoisotopic (exact) mass is 253 g/mol. The second-order valence-corrected chi connectivity index (χ2v) is 6.44. The van der Waals surface area contributed by atoms with Gasteiger partial charge >= 0.3 is 0 Å². The predicted octanol–water partition coefficient (Wildman–Crippen LogP) is 1.16. The molecule has 17 heavy (non-hydrogen) atoms. The Morgan fingerprint density at radius 1 is 1.41 bits per heavy atom. The van der Waals surface area contributed by atoms with Crippen molar-refractivity contribution in [3.8, 4) is 0 Å². The summed E-state index contributed by atoms with van der Waals surface area (Å²) in [5, 5.41) is 3.72. The van der Waals surface area contributed by atoms with Gasteiger partial charge in [0, 0.05) is 18.3 Å². The van der Waals surface area contributed by atoms with Gasteiger partial charge in [0.05, 0.1) is 17.0 Å². The number of hydrogen-bond acceptors (Lipinski definition) is 3. The van der Waals surface area contributed by atoms with Crippen LogP contribution in [0.25, 0.3) is 5.52 Å². The van der Waals surface area contributed by atoms with Crippen LogP contribution in [0.2, 0.25) is 0 Å². The molecule has 0 fully saturated rings.